The zero-order valence-electron chi connectivity index (χ0n) is 10.2. The van der Waals surface area contributed by atoms with Gasteiger partial charge in [0.15, 0.2) is 0 Å². The summed E-state index contributed by atoms with van der Waals surface area (Å²) in [6.45, 7) is 7.14. The van der Waals surface area contributed by atoms with Crippen LogP contribution in [-0.4, -0.2) is 49.2 Å². The molecular formula is C12H22N2O2. The van der Waals surface area contributed by atoms with Crippen LogP contribution >= 0.6 is 0 Å². The Morgan fingerprint density at radius 3 is 2.88 bits per heavy atom. The van der Waals surface area contributed by atoms with Crippen LogP contribution in [-0.2, 0) is 9.53 Å². The highest BCUT2D eigenvalue weighted by Gasteiger charge is 2.26. The molecule has 16 heavy (non-hydrogen) atoms. The van der Waals surface area contributed by atoms with Crippen LogP contribution in [0.4, 0.5) is 0 Å². The van der Waals surface area contributed by atoms with Gasteiger partial charge in [-0.05, 0) is 32.6 Å². The summed E-state index contributed by atoms with van der Waals surface area (Å²) in [6, 6.07) is 0.350. The van der Waals surface area contributed by atoms with Gasteiger partial charge in [-0.15, -0.1) is 0 Å². The van der Waals surface area contributed by atoms with E-state index in [0.717, 1.165) is 25.6 Å². The van der Waals surface area contributed by atoms with Crippen LogP contribution in [0.3, 0.4) is 0 Å². The molecule has 1 amide bonds. The first kappa shape index (κ1) is 11.9. The molecule has 0 aromatic heterocycles. The number of morpholine rings is 1. The topological polar surface area (TPSA) is 41.6 Å². The second-order valence-corrected chi connectivity index (χ2v) is 5.17. The molecule has 2 unspecified atom stereocenters. The van der Waals surface area contributed by atoms with Crippen LogP contribution in [0.1, 0.15) is 26.7 Å². The second-order valence-electron chi connectivity index (χ2n) is 5.17. The minimum Gasteiger partial charge on any atom is -0.376 e. The fourth-order valence-electron chi connectivity index (χ4n) is 2.01. The van der Waals surface area contributed by atoms with Gasteiger partial charge in [-0.1, -0.05) is 0 Å². The van der Waals surface area contributed by atoms with E-state index < -0.39 is 0 Å². The number of carbonyl (C=O) groups is 1. The number of hydrogen-bond acceptors (Lipinski definition) is 3. The first-order valence-corrected chi connectivity index (χ1v) is 6.27. The van der Waals surface area contributed by atoms with E-state index in [1.54, 1.807) is 0 Å². The van der Waals surface area contributed by atoms with Crippen molar-refractivity contribution in [2.45, 2.75) is 38.8 Å². The molecule has 0 aromatic rings. The van der Waals surface area contributed by atoms with Crippen molar-refractivity contribution >= 4 is 5.91 Å². The molecule has 1 aliphatic carbocycles. The van der Waals surface area contributed by atoms with Crippen molar-refractivity contribution in [3.8, 4) is 0 Å². The van der Waals surface area contributed by atoms with Gasteiger partial charge in [0.25, 0.3) is 0 Å². The monoisotopic (exact) mass is 226 g/mol. The third-order valence-electron chi connectivity index (χ3n) is 3.37. The van der Waals surface area contributed by atoms with Gasteiger partial charge in [-0.3, -0.25) is 9.69 Å². The summed E-state index contributed by atoms with van der Waals surface area (Å²) >= 11 is 0. The number of hydrogen-bond donors (Lipinski definition) is 1. The van der Waals surface area contributed by atoms with Crippen molar-refractivity contribution < 1.29 is 9.53 Å². The smallest absolute Gasteiger partial charge is 0.234 e. The first-order valence-electron chi connectivity index (χ1n) is 6.27. The summed E-state index contributed by atoms with van der Waals surface area (Å²) in [7, 11) is 0. The van der Waals surface area contributed by atoms with Gasteiger partial charge < -0.3 is 10.1 Å². The third-order valence-corrected chi connectivity index (χ3v) is 3.37. The molecule has 1 N–H and O–H groups in total. The van der Waals surface area contributed by atoms with Crippen LogP contribution in [0.5, 0.6) is 0 Å². The molecule has 4 heteroatoms. The number of ether oxygens (including phenoxy) is 1. The van der Waals surface area contributed by atoms with Crippen LogP contribution in [0.15, 0.2) is 0 Å². The quantitative estimate of drug-likeness (QED) is 0.764. The Balaban J connectivity index is 1.71. The maximum atomic E-state index is 11.7. The molecule has 2 fully saturated rings. The van der Waals surface area contributed by atoms with E-state index in [2.05, 4.69) is 24.1 Å². The van der Waals surface area contributed by atoms with Crippen molar-refractivity contribution in [3.63, 3.8) is 0 Å². The lowest BCUT2D eigenvalue weighted by Gasteiger charge is -2.36. The Kier molecular flexibility index (Phi) is 3.82. The fourth-order valence-corrected chi connectivity index (χ4v) is 2.01. The van der Waals surface area contributed by atoms with Crippen LogP contribution < -0.4 is 5.32 Å². The van der Waals surface area contributed by atoms with Crippen LogP contribution in [0, 0.1) is 5.92 Å². The Morgan fingerprint density at radius 2 is 2.19 bits per heavy atom. The molecule has 0 aromatic carbocycles. The maximum Gasteiger partial charge on any atom is 0.234 e. The number of rotatable bonds is 4. The zero-order valence-corrected chi connectivity index (χ0v) is 10.2. The summed E-state index contributed by atoms with van der Waals surface area (Å²) in [4.78, 5) is 13.9. The molecule has 92 valence electrons. The zero-order chi connectivity index (χ0) is 11.5. The van der Waals surface area contributed by atoms with Gasteiger partial charge >= 0.3 is 0 Å². The predicted octanol–water partition coefficient (Wildman–Crippen LogP) is 0.622. The molecule has 1 saturated heterocycles. The maximum absolute atomic E-state index is 11.7. The fraction of sp³-hybridized carbons (Fsp3) is 0.917. The Morgan fingerprint density at radius 1 is 1.44 bits per heavy atom. The third kappa shape index (κ3) is 3.46. The minimum atomic E-state index is 0.160. The molecule has 2 rings (SSSR count). The molecule has 2 atom stereocenters. The normalized spacial score (nSPS) is 31.4. The first-order chi connectivity index (χ1) is 7.65. The van der Waals surface area contributed by atoms with E-state index in [-0.39, 0.29) is 12.0 Å². The summed E-state index contributed by atoms with van der Waals surface area (Å²) in [5, 5.41) is 3.01. The molecular weight excluding hydrogens is 204 g/mol. The van der Waals surface area contributed by atoms with E-state index >= 15 is 0 Å². The van der Waals surface area contributed by atoms with Crippen LogP contribution in [0.2, 0.25) is 0 Å². The average molecular weight is 226 g/mol. The number of nitrogens with one attached hydrogen (secondary N) is 1. The highest BCUT2D eigenvalue weighted by molar-refractivity contribution is 5.78. The summed E-state index contributed by atoms with van der Waals surface area (Å²) in [6.07, 6.45) is 2.81. The Labute approximate surface area is 97.3 Å². The van der Waals surface area contributed by atoms with Crippen molar-refractivity contribution in [2.75, 3.05) is 26.2 Å². The van der Waals surface area contributed by atoms with Gasteiger partial charge in [0, 0.05) is 19.1 Å². The van der Waals surface area contributed by atoms with E-state index in [9.17, 15) is 4.79 Å². The second kappa shape index (κ2) is 5.15. The SMILES string of the molecule is CC1CN(CC(=O)NCC2CC2)C(C)CO1. The van der Waals surface area contributed by atoms with Crippen molar-refractivity contribution in [1.82, 2.24) is 10.2 Å². The van der Waals surface area contributed by atoms with E-state index in [0.29, 0.717) is 12.6 Å². The van der Waals surface area contributed by atoms with E-state index in [4.69, 9.17) is 4.74 Å². The molecule has 4 nitrogen and oxygen atoms in total. The number of nitrogens with zero attached hydrogens (tertiary/aromatic N) is 1. The molecule has 1 heterocycles. The van der Waals surface area contributed by atoms with Crippen molar-refractivity contribution in [3.05, 3.63) is 0 Å². The molecule has 0 bridgehead atoms. The highest BCUT2D eigenvalue weighted by Crippen LogP contribution is 2.27. The van der Waals surface area contributed by atoms with E-state index in [1.165, 1.54) is 12.8 Å². The standard InChI is InChI=1S/C12H22N2O2/c1-9-8-16-10(2)6-14(9)7-12(15)13-5-11-3-4-11/h9-11H,3-8H2,1-2H3,(H,13,15). The average Bonchev–Trinajstić information content (AvgIpc) is 3.04. The van der Waals surface area contributed by atoms with Gasteiger partial charge in [-0.2, -0.15) is 0 Å². The van der Waals surface area contributed by atoms with E-state index in [1.807, 2.05) is 0 Å². The summed E-state index contributed by atoms with van der Waals surface area (Å²) in [5.41, 5.74) is 0. The van der Waals surface area contributed by atoms with Crippen molar-refractivity contribution in [1.29, 1.82) is 0 Å². The van der Waals surface area contributed by atoms with Crippen molar-refractivity contribution in [2.24, 2.45) is 5.92 Å². The minimum absolute atomic E-state index is 0.160. The highest BCUT2D eigenvalue weighted by atomic mass is 16.5. The number of amides is 1. The number of carbonyl (C=O) groups excluding carboxylic acids is 1. The van der Waals surface area contributed by atoms with Gasteiger partial charge in [0.05, 0.1) is 19.3 Å². The molecule has 2 aliphatic rings. The van der Waals surface area contributed by atoms with Crippen LogP contribution in [0.25, 0.3) is 0 Å². The Hall–Kier alpha value is -0.610. The predicted molar refractivity (Wildman–Crippen MR) is 62.2 cm³/mol. The van der Waals surface area contributed by atoms with Gasteiger partial charge in [-0.25, -0.2) is 0 Å². The summed E-state index contributed by atoms with van der Waals surface area (Å²) in [5.74, 6) is 0.915. The lowest BCUT2D eigenvalue weighted by Crippen LogP contribution is -2.51. The Bertz CT molecular complexity index is 253. The molecule has 1 aliphatic heterocycles. The van der Waals surface area contributed by atoms with Gasteiger partial charge in [0.1, 0.15) is 0 Å². The van der Waals surface area contributed by atoms with Gasteiger partial charge in [0.2, 0.25) is 5.91 Å². The largest absolute Gasteiger partial charge is 0.376 e. The molecule has 0 radical (unpaired) electrons. The molecule has 1 saturated carbocycles. The lowest BCUT2D eigenvalue weighted by atomic mass is 10.2. The summed E-state index contributed by atoms with van der Waals surface area (Å²) < 4.78 is 5.54. The molecule has 0 spiro atoms. The lowest BCUT2D eigenvalue weighted by molar-refractivity contribution is -0.125.